The summed E-state index contributed by atoms with van der Waals surface area (Å²) in [5, 5.41) is 41.2. The first kappa shape index (κ1) is 103. The zero-order valence-electron chi connectivity index (χ0n) is 79.7. The average Bonchev–Trinajstić information content (AvgIpc) is 1.71. The molecule has 30 nitrogen and oxygen atoms in total. The predicted octanol–water partition coefficient (Wildman–Crippen LogP) is 16.5. The lowest BCUT2D eigenvalue weighted by atomic mass is 9.72. The Morgan fingerprint density at radius 1 is 0.427 bits per heavy atom. The number of aromatic amines is 3. The fourth-order valence-corrected chi connectivity index (χ4v) is 17.2. The molecule has 6 N–H and O–H groups in total. The van der Waals surface area contributed by atoms with Crippen LogP contribution in [-0.4, -0.2) is 236 Å². The number of aromatic nitrogens is 6. The maximum atomic E-state index is 12.6. The molecule has 3 aromatic heterocycles. The van der Waals surface area contributed by atoms with Crippen LogP contribution in [0.15, 0.2) is 0 Å². The Morgan fingerprint density at radius 2 is 0.815 bits per heavy atom. The maximum absolute atomic E-state index is 12.6. The zero-order valence-corrected chi connectivity index (χ0v) is 79.7. The molecule has 12 aliphatic rings. The van der Waals surface area contributed by atoms with Gasteiger partial charge in [0.25, 0.3) is 0 Å². The third-order valence-electron chi connectivity index (χ3n) is 24.8. The fourth-order valence-electron chi connectivity index (χ4n) is 17.2. The molecular weight excluding hydrogens is 1590 g/mol. The number of hydrogen-bond acceptors (Lipinski definition) is 22. The molecule has 0 radical (unpaired) electrons. The Labute approximate surface area is 738 Å². The second-order valence-corrected chi connectivity index (χ2v) is 40.7. The number of fused-ring (bicyclic) bond motifs is 3. The van der Waals surface area contributed by atoms with Gasteiger partial charge in [0.15, 0.2) is 0 Å². The van der Waals surface area contributed by atoms with Crippen molar-refractivity contribution in [2.24, 2.45) is 23.7 Å². The van der Waals surface area contributed by atoms with Crippen molar-refractivity contribution in [1.82, 2.24) is 60.4 Å². The van der Waals surface area contributed by atoms with Gasteiger partial charge in [-0.15, -0.1) is 0 Å². The summed E-state index contributed by atoms with van der Waals surface area (Å²) in [7, 11) is 1.00. The normalized spacial score (nSPS) is 24.6. The van der Waals surface area contributed by atoms with Crippen molar-refractivity contribution in [3.8, 4) is 0 Å². The van der Waals surface area contributed by atoms with E-state index in [-0.39, 0.29) is 103 Å². The van der Waals surface area contributed by atoms with E-state index in [0.717, 1.165) is 90.6 Å². The number of H-pyrrole nitrogens is 3. The predicted molar refractivity (Wildman–Crippen MR) is 473 cm³/mol. The zero-order chi connectivity index (χ0) is 92.3. The molecule has 0 spiro atoms. The second kappa shape index (κ2) is 45.7. The molecule has 5 amide bonds. The first-order chi connectivity index (χ1) is 58.1. The van der Waals surface area contributed by atoms with Gasteiger partial charge in [0.1, 0.15) is 56.9 Å². The Hall–Kier alpha value is -7.83. The van der Waals surface area contributed by atoms with Gasteiger partial charge >= 0.3 is 30.5 Å². The van der Waals surface area contributed by atoms with E-state index < -0.39 is 64.1 Å². The largest absolute Gasteiger partial charge is 0.444 e. The smallest absolute Gasteiger partial charge is 0.410 e. The quantitative estimate of drug-likeness (QED) is 0.0945. The van der Waals surface area contributed by atoms with Crippen LogP contribution in [0.2, 0.25) is 0 Å². The van der Waals surface area contributed by atoms with E-state index in [1.54, 1.807) is 30.6 Å². The number of carbonyl (C=O) groups excluding carboxylic acids is 10. The molecule has 124 heavy (non-hydrogen) atoms. The van der Waals surface area contributed by atoms with E-state index in [1.807, 2.05) is 128 Å². The summed E-state index contributed by atoms with van der Waals surface area (Å²) in [6.45, 7) is 48.5. The molecule has 5 saturated carbocycles. The van der Waals surface area contributed by atoms with Crippen LogP contribution in [0.4, 0.5) is 24.0 Å². The van der Waals surface area contributed by atoms with Gasteiger partial charge in [-0.05, 0) is 236 Å². The van der Waals surface area contributed by atoms with E-state index in [1.165, 1.54) is 126 Å². The molecule has 7 aliphatic heterocycles. The van der Waals surface area contributed by atoms with Gasteiger partial charge < -0.3 is 68.5 Å². The van der Waals surface area contributed by atoms with Gasteiger partial charge in [-0.25, -0.2) is 24.0 Å². The minimum atomic E-state index is -0.686. The molecule has 9 unspecified atom stereocenters. The number of hydrogen-bond donors (Lipinski definition) is 6. The third kappa shape index (κ3) is 29.4. The molecule has 15 rings (SSSR count). The molecule has 0 bridgehead atoms. The number of nitrogens with zero attached hydrogens (tertiary/aromatic N) is 8. The number of carbonyl (C=O) groups is 10. The molecule has 3 aromatic rings. The number of ketones is 5. The topological polar surface area (TPSA) is 381 Å². The molecular formula is C94H156N12O18. The lowest BCUT2D eigenvalue weighted by molar-refractivity contribution is -0.144. The lowest BCUT2D eigenvalue weighted by Crippen LogP contribution is -2.58. The van der Waals surface area contributed by atoms with Crippen molar-refractivity contribution in [3.63, 3.8) is 0 Å². The van der Waals surface area contributed by atoms with E-state index in [4.69, 9.17) is 38.6 Å². The molecule has 9 atom stereocenters. The summed E-state index contributed by atoms with van der Waals surface area (Å²) in [6.07, 6.45) is 22.2. The molecule has 0 aromatic carbocycles. The highest BCUT2D eigenvalue weighted by Crippen LogP contribution is 2.45. The highest BCUT2D eigenvalue weighted by atomic mass is 16.6. The van der Waals surface area contributed by atoms with E-state index in [9.17, 15) is 47.9 Å². The number of aliphatic hydroxyl groups is 2. The van der Waals surface area contributed by atoms with Crippen LogP contribution in [0.5, 0.6) is 0 Å². The first-order valence-electron chi connectivity index (χ1n) is 46.3. The van der Waals surface area contributed by atoms with E-state index in [0.29, 0.717) is 56.9 Å². The van der Waals surface area contributed by atoms with Crippen LogP contribution < -0.4 is 5.32 Å². The van der Waals surface area contributed by atoms with Crippen LogP contribution in [0, 0.1) is 23.7 Å². The van der Waals surface area contributed by atoms with Crippen LogP contribution in [0.3, 0.4) is 0 Å². The van der Waals surface area contributed by atoms with Crippen molar-refractivity contribution in [3.05, 3.63) is 50.9 Å². The molecule has 4 saturated heterocycles. The molecule has 9 fully saturated rings. The lowest BCUT2D eigenvalue weighted by Gasteiger charge is -2.43. The van der Waals surface area contributed by atoms with Crippen LogP contribution in [-0.2, 0) is 84.7 Å². The van der Waals surface area contributed by atoms with Crippen molar-refractivity contribution in [2.75, 3.05) is 46.6 Å². The van der Waals surface area contributed by atoms with Crippen LogP contribution in [0.25, 0.3) is 0 Å². The number of Topliss-reactive ketones (excluding diaryl/α,β-unsaturated/α-hetero) is 5. The summed E-state index contributed by atoms with van der Waals surface area (Å²) < 4.78 is 32.1. The number of piperidine rings is 3. The molecule has 5 aliphatic carbocycles. The van der Waals surface area contributed by atoms with Gasteiger partial charge in [-0.3, -0.25) is 39.3 Å². The van der Waals surface area contributed by atoms with Crippen LogP contribution in [0.1, 0.15) is 369 Å². The van der Waals surface area contributed by atoms with E-state index >= 15 is 0 Å². The average molecular weight is 1740 g/mol. The third-order valence-corrected chi connectivity index (χ3v) is 24.8. The summed E-state index contributed by atoms with van der Waals surface area (Å²) in [4.78, 5) is 130. The monoisotopic (exact) mass is 1740 g/mol. The molecule has 700 valence electrons. The number of likely N-dealkylation sites (tertiary alicyclic amines) is 3. The Bertz CT molecular complexity index is 3960. The number of ether oxygens (including phenoxy) is 6. The summed E-state index contributed by atoms with van der Waals surface area (Å²) in [5.74, 6) is 0.778. The van der Waals surface area contributed by atoms with Gasteiger partial charge in [0.05, 0.1) is 41.5 Å². The van der Waals surface area contributed by atoms with Gasteiger partial charge in [-0.1, -0.05) is 32.1 Å². The fraction of sp³-hybridized carbons (Fsp3) is 0.798. The van der Waals surface area contributed by atoms with Crippen molar-refractivity contribution < 1.29 is 86.6 Å². The first-order valence-corrected chi connectivity index (χ1v) is 46.3. The minimum absolute atomic E-state index is 0.00490. The maximum Gasteiger partial charge on any atom is 0.410 e. The van der Waals surface area contributed by atoms with Crippen molar-refractivity contribution >= 4 is 59.4 Å². The number of amides is 5. The highest BCUT2D eigenvalue weighted by Gasteiger charge is 2.49. The Balaban J connectivity index is 0.000000201. The summed E-state index contributed by atoms with van der Waals surface area (Å²) in [5.41, 5.74) is 8.85. The SMILES string of the molecule is C1CCOC1.CC1C(C(=O)C2CCC2)C(=O)CCN1C(=O)OC(C)(C)C.CC1CC(=O)C(C(=O)C2CCC2)C(C)N1C(=O)OC(C)(C)C.CC1CC(=O)CCN1C(=O)OC(C)(C)C.CC1Cc2[nH]nc(C3CCC3)c2CN1.CC1Cc2[nH]nc(C3CCC3)c2CN1C(=O)OC(C)(C)C.CC1c2c(C3CCC3)n[nH]c2CCN1C(=O)OC(C)(C)C.CCO.CO. The van der Waals surface area contributed by atoms with Gasteiger partial charge in [-0.2, -0.15) is 15.3 Å². The Morgan fingerprint density at radius 3 is 1.25 bits per heavy atom. The molecule has 30 heteroatoms. The second-order valence-electron chi connectivity index (χ2n) is 40.7. The van der Waals surface area contributed by atoms with Crippen LogP contribution >= 0.6 is 0 Å². The molecule has 10 heterocycles. The number of aliphatic hydroxyl groups excluding tert-OH is 2. The summed E-state index contributed by atoms with van der Waals surface area (Å²) in [6, 6.07) is -0.338. The summed E-state index contributed by atoms with van der Waals surface area (Å²) >= 11 is 0. The number of nitrogens with one attached hydrogen (secondary N) is 4. The highest BCUT2D eigenvalue weighted by molar-refractivity contribution is 6.06. The van der Waals surface area contributed by atoms with E-state index in [2.05, 4.69) is 56.7 Å². The van der Waals surface area contributed by atoms with Gasteiger partial charge in [0, 0.05) is 198 Å². The Kier molecular flexibility index (Phi) is 38.1. The van der Waals surface area contributed by atoms with Crippen molar-refractivity contribution in [1.29, 1.82) is 0 Å². The number of rotatable bonds is 7. The van der Waals surface area contributed by atoms with Crippen molar-refractivity contribution in [2.45, 2.75) is 414 Å². The van der Waals surface area contributed by atoms with Gasteiger partial charge in [0.2, 0.25) is 0 Å². The minimum Gasteiger partial charge on any atom is -0.444 e. The standard InChI is InChI=1S/C17H27NO4.2C16H25N3O2.C16H25NO4.C11H17N3.C11H19NO3.C4H8O.C2H6O.CH4O/c1-10-9-13(19)14(15(20)12-7-6-8-12)11(2)18(10)16(21)22-17(3,4)5;1-10-8-13-12(14(18-17-13)11-6-5-7-11)9-19(10)15(20)21-16(2,3)4;1-10-13-12(17-18-14(13)11-6-5-7-11)8-9-19(10)15(20)21-16(2,3)4;1-10-13(14(19)11-6-5-7-11)12(18)8-9-17(10)15(20)21-16(2,3)4;1-7-5-10-9(6-12-7)11(14-13-10)8-3-2-4-8;1-8-7-9(13)5-6-12(8)10(14)15-11(2,3)4;1-2-4-5-3-1;1-2-3;1-2/h10-12,14H,6-9H2,1-5H3;2*10-11H,5-9H2,1-4H3,(H,17,18);10-11,13H,5-9H2,1-4H3;7-8,12H,2-6H2,1H3,(H,13,14);8H,5-7H2,1-4H3;1-4H2;3H,2H2,1H3;2H,1H3.